The molecule has 0 bridgehead atoms. The molecule has 1 heterocycles. The quantitative estimate of drug-likeness (QED) is 0.636. The summed E-state index contributed by atoms with van der Waals surface area (Å²) in [6.07, 6.45) is 3.93. The van der Waals surface area contributed by atoms with Crippen LogP contribution in [-0.2, 0) is 6.54 Å². The van der Waals surface area contributed by atoms with E-state index < -0.39 is 0 Å². The second-order valence-corrected chi connectivity index (χ2v) is 3.18. The Hall–Kier alpha value is -1.70. The number of hydrogen-bond donors (Lipinski definition) is 0. The molecule has 0 saturated heterocycles. The minimum absolute atomic E-state index is 0.181. The normalized spacial score (nSPS) is 10.1. The first-order valence-electron chi connectivity index (χ1n) is 4.53. The maximum atomic E-state index is 12.9. The Balaban J connectivity index is 2.19. The van der Waals surface area contributed by atoms with E-state index in [1.54, 1.807) is 12.1 Å². The fourth-order valence-electron chi connectivity index (χ4n) is 1.39. The molecule has 1 aromatic carbocycles. The van der Waals surface area contributed by atoms with Gasteiger partial charge in [0.15, 0.2) is 18.9 Å². The van der Waals surface area contributed by atoms with E-state index >= 15 is 0 Å². The van der Waals surface area contributed by atoms with Crippen LogP contribution in [0.2, 0.25) is 0 Å². The highest BCUT2D eigenvalue weighted by atomic mass is 19.1. The largest absolute Gasteiger partial charge is 0.207 e. The van der Waals surface area contributed by atoms with Gasteiger partial charge in [0.1, 0.15) is 5.82 Å². The van der Waals surface area contributed by atoms with E-state index in [0.29, 0.717) is 6.54 Å². The van der Waals surface area contributed by atoms with Crippen molar-refractivity contribution in [2.24, 2.45) is 0 Å². The minimum atomic E-state index is -0.181. The lowest BCUT2D eigenvalue weighted by Gasteiger charge is -1.96. The molecule has 2 heteroatoms. The lowest BCUT2D eigenvalue weighted by Crippen LogP contribution is -2.32. The molecule has 0 saturated carbocycles. The summed E-state index contributed by atoms with van der Waals surface area (Å²) in [6.45, 7) is 0.707. The van der Waals surface area contributed by atoms with Crippen LogP contribution in [0.15, 0.2) is 54.9 Å². The summed E-state index contributed by atoms with van der Waals surface area (Å²) < 4.78 is 14.9. The van der Waals surface area contributed by atoms with Crippen molar-refractivity contribution in [3.63, 3.8) is 0 Å². The molecular formula is C12H11FN+. The molecule has 1 nitrogen and oxygen atoms in total. The third-order valence-corrected chi connectivity index (χ3v) is 2.03. The third kappa shape index (κ3) is 2.16. The molecule has 0 atom stereocenters. The number of pyridine rings is 1. The van der Waals surface area contributed by atoms with E-state index in [2.05, 4.69) is 0 Å². The van der Waals surface area contributed by atoms with Crippen molar-refractivity contribution in [1.82, 2.24) is 0 Å². The van der Waals surface area contributed by atoms with Crippen LogP contribution in [0.3, 0.4) is 0 Å². The van der Waals surface area contributed by atoms with Crippen LogP contribution in [0.25, 0.3) is 0 Å². The highest BCUT2D eigenvalue weighted by Gasteiger charge is 2.01. The standard InChI is InChI=1S/C12H11FN/c13-12-6-4-5-11(9-12)10-14-7-2-1-3-8-14/h1-9H,10H2/q+1. The number of hydrogen-bond acceptors (Lipinski definition) is 0. The Kier molecular flexibility index (Phi) is 2.54. The number of benzene rings is 1. The highest BCUT2D eigenvalue weighted by molar-refractivity contribution is 5.15. The van der Waals surface area contributed by atoms with Crippen molar-refractivity contribution in [2.45, 2.75) is 6.54 Å². The highest BCUT2D eigenvalue weighted by Crippen LogP contribution is 2.02. The van der Waals surface area contributed by atoms with Gasteiger partial charge in [0, 0.05) is 17.7 Å². The van der Waals surface area contributed by atoms with E-state index in [9.17, 15) is 4.39 Å². The second-order valence-electron chi connectivity index (χ2n) is 3.18. The molecular weight excluding hydrogens is 177 g/mol. The van der Waals surface area contributed by atoms with Crippen LogP contribution in [0.5, 0.6) is 0 Å². The van der Waals surface area contributed by atoms with E-state index in [0.717, 1.165) is 5.56 Å². The van der Waals surface area contributed by atoms with Gasteiger partial charge in [-0.25, -0.2) is 8.96 Å². The molecule has 0 radical (unpaired) electrons. The maximum Gasteiger partial charge on any atom is 0.173 e. The lowest BCUT2D eigenvalue weighted by molar-refractivity contribution is -0.688. The van der Waals surface area contributed by atoms with Gasteiger partial charge in [0.05, 0.1) is 0 Å². The average molecular weight is 188 g/mol. The van der Waals surface area contributed by atoms with Crippen molar-refractivity contribution in [1.29, 1.82) is 0 Å². The molecule has 0 aliphatic carbocycles. The monoisotopic (exact) mass is 188 g/mol. The molecule has 1 aromatic heterocycles. The molecule has 0 aliphatic heterocycles. The van der Waals surface area contributed by atoms with Gasteiger partial charge in [-0.15, -0.1) is 0 Å². The Bertz CT molecular complexity index is 412. The molecule has 0 N–H and O–H groups in total. The van der Waals surface area contributed by atoms with Crippen molar-refractivity contribution >= 4 is 0 Å². The van der Waals surface area contributed by atoms with Gasteiger partial charge < -0.3 is 0 Å². The Morgan fingerprint density at radius 1 is 1.00 bits per heavy atom. The number of rotatable bonds is 2. The van der Waals surface area contributed by atoms with Crippen LogP contribution in [0.4, 0.5) is 4.39 Å². The van der Waals surface area contributed by atoms with E-state index in [-0.39, 0.29) is 5.82 Å². The second kappa shape index (κ2) is 4.01. The summed E-state index contributed by atoms with van der Waals surface area (Å²) in [7, 11) is 0. The van der Waals surface area contributed by atoms with Gasteiger partial charge in [-0.05, 0) is 12.1 Å². The zero-order chi connectivity index (χ0) is 9.80. The van der Waals surface area contributed by atoms with Crippen LogP contribution in [0, 0.1) is 5.82 Å². The lowest BCUT2D eigenvalue weighted by atomic mass is 10.2. The predicted molar refractivity (Wildman–Crippen MR) is 52.1 cm³/mol. The fourth-order valence-corrected chi connectivity index (χ4v) is 1.39. The van der Waals surface area contributed by atoms with Crippen LogP contribution < -0.4 is 4.57 Å². The van der Waals surface area contributed by atoms with Crippen molar-refractivity contribution in [3.05, 3.63) is 66.2 Å². The summed E-state index contributed by atoms with van der Waals surface area (Å²) in [5.41, 5.74) is 0.973. The maximum absolute atomic E-state index is 12.9. The minimum Gasteiger partial charge on any atom is -0.207 e. The predicted octanol–water partition coefficient (Wildman–Crippen LogP) is 2.16. The fraction of sp³-hybridized carbons (Fsp3) is 0.0833. The first-order valence-corrected chi connectivity index (χ1v) is 4.53. The number of nitrogens with zero attached hydrogens (tertiary/aromatic N) is 1. The van der Waals surface area contributed by atoms with Gasteiger partial charge in [-0.1, -0.05) is 18.2 Å². The van der Waals surface area contributed by atoms with Crippen molar-refractivity contribution in [3.8, 4) is 0 Å². The molecule has 2 rings (SSSR count). The third-order valence-electron chi connectivity index (χ3n) is 2.03. The van der Waals surface area contributed by atoms with Gasteiger partial charge in [-0.3, -0.25) is 0 Å². The van der Waals surface area contributed by atoms with Crippen molar-refractivity contribution in [2.75, 3.05) is 0 Å². The molecule has 14 heavy (non-hydrogen) atoms. The molecule has 0 spiro atoms. The molecule has 2 aromatic rings. The van der Waals surface area contributed by atoms with E-state index in [4.69, 9.17) is 0 Å². The van der Waals surface area contributed by atoms with Gasteiger partial charge in [0.25, 0.3) is 0 Å². The van der Waals surface area contributed by atoms with E-state index in [1.807, 2.05) is 41.2 Å². The first-order chi connectivity index (χ1) is 6.84. The Morgan fingerprint density at radius 3 is 2.50 bits per heavy atom. The average Bonchev–Trinajstić information content (AvgIpc) is 2.19. The van der Waals surface area contributed by atoms with Gasteiger partial charge in [-0.2, -0.15) is 0 Å². The van der Waals surface area contributed by atoms with Crippen molar-refractivity contribution < 1.29 is 8.96 Å². The zero-order valence-electron chi connectivity index (χ0n) is 7.73. The Labute approximate surface area is 82.4 Å². The summed E-state index contributed by atoms with van der Waals surface area (Å²) in [5, 5.41) is 0. The summed E-state index contributed by atoms with van der Waals surface area (Å²) >= 11 is 0. The zero-order valence-corrected chi connectivity index (χ0v) is 7.73. The van der Waals surface area contributed by atoms with E-state index in [1.165, 1.54) is 6.07 Å². The first kappa shape index (κ1) is 8.88. The summed E-state index contributed by atoms with van der Waals surface area (Å²) in [4.78, 5) is 0. The topological polar surface area (TPSA) is 3.88 Å². The van der Waals surface area contributed by atoms with Gasteiger partial charge >= 0.3 is 0 Å². The summed E-state index contributed by atoms with van der Waals surface area (Å²) in [5.74, 6) is -0.181. The molecule has 70 valence electrons. The molecule has 0 amide bonds. The molecule has 0 aliphatic rings. The Morgan fingerprint density at radius 2 is 1.79 bits per heavy atom. The smallest absolute Gasteiger partial charge is 0.173 e. The van der Waals surface area contributed by atoms with Crippen LogP contribution in [-0.4, -0.2) is 0 Å². The summed E-state index contributed by atoms with van der Waals surface area (Å²) in [6, 6.07) is 12.5. The number of halogens is 1. The molecule has 0 unspecified atom stereocenters. The molecule has 0 fully saturated rings. The van der Waals surface area contributed by atoms with Crippen LogP contribution >= 0.6 is 0 Å². The van der Waals surface area contributed by atoms with Crippen LogP contribution in [0.1, 0.15) is 5.56 Å². The van der Waals surface area contributed by atoms with Gasteiger partial charge in [0.2, 0.25) is 0 Å². The SMILES string of the molecule is Fc1cccc(C[n+]2ccccc2)c1. The number of aromatic nitrogens is 1.